The van der Waals surface area contributed by atoms with Crippen LogP contribution < -0.4 is 15.5 Å². The van der Waals surface area contributed by atoms with E-state index in [-0.39, 0.29) is 24.4 Å². The maximum absolute atomic E-state index is 12.7. The minimum atomic E-state index is -0.000980. The molecule has 7 nitrogen and oxygen atoms in total. The van der Waals surface area contributed by atoms with E-state index >= 15 is 0 Å². The Labute approximate surface area is 169 Å². The molecular weight excluding hydrogens is 384 g/mol. The summed E-state index contributed by atoms with van der Waals surface area (Å²) in [4.78, 5) is 27.3. The standard InChI is InChI=1S/C18H24N6OS.ClH/c1-12(14-4-2-3-6-19-14)23-18(25)15-10-24(8-9-26-15)17-13-5-7-20-16(13)21-11-22-17;/h5,7,10-12,14,19H,2-4,6,8-9H2,1H3,(H,23,25)(H,20,21,22);1H/t12?,14-;/m0./s1. The number of amides is 1. The molecule has 3 N–H and O–H groups in total. The number of hydrogen-bond acceptors (Lipinski definition) is 6. The van der Waals surface area contributed by atoms with E-state index in [9.17, 15) is 4.79 Å². The van der Waals surface area contributed by atoms with E-state index in [1.54, 1.807) is 18.1 Å². The molecule has 0 aromatic carbocycles. The van der Waals surface area contributed by atoms with Crippen LogP contribution >= 0.6 is 24.2 Å². The topological polar surface area (TPSA) is 85.9 Å². The maximum Gasteiger partial charge on any atom is 0.259 e. The van der Waals surface area contributed by atoms with Crippen molar-refractivity contribution in [1.82, 2.24) is 25.6 Å². The van der Waals surface area contributed by atoms with Crippen molar-refractivity contribution in [2.45, 2.75) is 38.3 Å². The minimum absolute atomic E-state index is 0. The lowest BCUT2D eigenvalue weighted by atomic mass is 9.99. The van der Waals surface area contributed by atoms with Crippen LogP contribution in [0.3, 0.4) is 0 Å². The Morgan fingerprint density at radius 3 is 3.11 bits per heavy atom. The van der Waals surface area contributed by atoms with E-state index in [4.69, 9.17) is 0 Å². The van der Waals surface area contributed by atoms with Gasteiger partial charge in [0.25, 0.3) is 5.91 Å². The molecule has 1 unspecified atom stereocenters. The first kappa shape index (κ1) is 20.0. The summed E-state index contributed by atoms with van der Waals surface area (Å²) < 4.78 is 0. The van der Waals surface area contributed by atoms with Crippen molar-refractivity contribution in [1.29, 1.82) is 0 Å². The van der Waals surface area contributed by atoms with E-state index in [0.29, 0.717) is 6.04 Å². The molecule has 0 aliphatic carbocycles. The summed E-state index contributed by atoms with van der Waals surface area (Å²) in [5, 5.41) is 7.64. The quantitative estimate of drug-likeness (QED) is 0.720. The number of hydrogen-bond donors (Lipinski definition) is 3. The fourth-order valence-corrected chi connectivity index (χ4v) is 4.46. The van der Waals surface area contributed by atoms with Gasteiger partial charge in [0.15, 0.2) is 0 Å². The molecule has 2 aliphatic rings. The third-order valence-corrected chi connectivity index (χ3v) is 5.99. The van der Waals surface area contributed by atoms with Crippen molar-refractivity contribution in [2.24, 2.45) is 0 Å². The first-order chi connectivity index (χ1) is 12.7. The van der Waals surface area contributed by atoms with Crippen molar-refractivity contribution in [3.8, 4) is 0 Å². The second kappa shape index (κ2) is 8.95. The average Bonchev–Trinajstić information content (AvgIpc) is 3.17. The van der Waals surface area contributed by atoms with E-state index in [0.717, 1.165) is 47.0 Å². The van der Waals surface area contributed by atoms with E-state index in [1.165, 1.54) is 12.8 Å². The molecule has 9 heteroatoms. The highest BCUT2D eigenvalue weighted by Crippen LogP contribution is 2.29. The minimum Gasteiger partial charge on any atom is -0.348 e. The predicted molar refractivity (Wildman–Crippen MR) is 112 cm³/mol. The van der Waals surface area contributed by atoms with Gasteiger partial charge in [0.05, 0.1) is 10.3 Å². The van der Waals surface area contributed by atoms with Crippen molar-refractivity contribution >= 4 is 46.9 Å². The van der Waals surface area contributed by atoms with Crippen LogP contribution in [0.4, 0.5) is 5.82 Å². The van der Waals surface area contributed by atoms with Crippen LogP contribution in [0.5, 0.6) is 0 Å². The summed E-state index contributed by atoms with van der Waals surface area (Å²) in [5.41, 5.74) is 0.810. The first-order valence-electron chi connectivity index (χ1n) is 9.16. The summed E-state index contributed by atoms with van der Waals surface area (Å²) in [6, 6.07) is 2.45. The number of nitrogens with zero attached hydrogens (tertiary/aromatic N) is 3. The Kier molecular flexibility index (Phi) is 6.62. The Morgan fingerprint density at radius 1 is 1.41 bits per heavy atom. The van der Waals surface area contributed by atoms with Gasteiger partial charge in [-0.15, -0.1) is 24.2 Å². The number of fused-ring (bicyclic) bond motifs is 1. The zero-order chi connectivity index (χ0) is 17.9. The number of H-pyrrole nitrogens is 1. The highest BCUT2D eigenvalue weighted by molar-refractivity contribution is 8.04. The highest BCUT2D eigenvalue weighted by atomic mass is 35.5. The summed E-state index contributed by atoms with van der Waals surface area (Å²) >= 11 is 1.60. The molecule has 2 atom stereocenters. The van der Waals surface area contributed by atoms with Gasteiger partial charge < -0.3 is 20.5 Å². The predicted octanol–water partition coefficient (Wildman–Crippen LogP) is 2.42. The highest BCUT2D eigenvalue weighted by Gasteiger charge is 2.25. The molecule has 0 bridgehead atoms. The summed E-state index contributed by atoms with van der Waals surface area (Å²) in [5.74, 6) is 1.69. The van der Waals surface area contributed by atoms with Crippen LogP contribution in [0.15, 0.2) is 29.7 Å². The van der Waals surface area contributed by atoms with Crippen molar-refractivity contribution in [3.05, 3.63) is 29.7 Å². The molecule has 4 heterocycles. The van der Waals surface area contributed by atoms with Gasteiger partial charge in [-0.05, 0) is 32.4 Å². The molecule has 2 aliphatic heterocycles. The first-order valence-corrected chi connectivity index (χ1v) is 10.1. The fraction of sp³-hybridized carbons (Fsp3) is 0.500. The number of aromatic amines is 1. The van der Waals surface area contributed by atoms with Crippen molar-refractivity contribution < 1.29 is 4.79 Å². The molecule has 27 heavy (non-hydrogen) atoms. The molecule has 0 radical (unpaired) electrons. The molecule has 0 saturated carbocycles. The van der Waals surface area contributed by atoms with Gasteiger partial charge >= 0.3 is 0 Å². The van der Waals surface area contributed by atoms with Crippen LogP contribution in [0.1, 0.15) is 26.2 Å². The number of aromatic nitrogens is 3. The van der Waals surface area contributed by atoms with Gasteiger partial charge in [0.2, 0.25) is 0 Å². The largest absolute Gasteiger partial charge is 0.348 e. The number of piperidine rings is 1. The third-order valence-electron chi connectivity index (χ3n) is 5.00. The van der Waals surface area contributed by atoms with Crippen LogP contribution in [0, 0.1) is 0 Å². The van der Waals surface area contributed by atoms with Gasteiger partial charge in [-0.25, -0.2) is 9.97 Å². The number of halogens is 1. The van der Waals surface area contributed by atoms with Crippen LogP contribution in [0.25, 0.3) is 11.0 Å². The lowest BCUT2D eigenvalue weighted by Gasteiger charge is -2.30. The molecular formula is C18H25ClN6OS. The Hall–Kier alpha value is -1.77. The maximum atomic E-state index is 12.7. The lowest BCUT2D eigenvalue weighted by molar-refractivity contribution is -0.117. The molecule has 2 aromatic heterocycles. The van der Waals surface area contributed by atoms with Gasteiger partial charge in [-0.1, -0.05) is 6.42 Å². The monoisotopic (exact) mass is 408 g/mol. The third kappa shape index (κ3) is 4.39. The van der Waals surface area contributed by atoms with Crippen molar-refractivity contribution in [2.75, 3.05) is 23.7 Å². The molecule has 1 saturated heterocycles. The average molecular weight is 409 g/mol. The Morgan fingerprint density at radius 2 is 2.30 bits per heavy atom. The summed E-state index contributed by atoms with van der Waals surface area (Å²) in [6.07, 6.45) is 8.90. The number of nitrogens with one attached hydrogen (secondary N) is 3. The molecule has 146 valence electrons. The van der Waals surface area contributed by atoms with E-state index in [1.807, 2.05) is 23.4 Å². The Balaban J connectivity index is 0.00000210. The van der Waals surface area contributed by atoms with Crippen LogP contribution in [-0.4, -0.2) is 51.8 Å². The van der Waals surface area contributed by atoms with Crippen molar-refractivity contribution in [3.63, 3.8) is 0 Å². The van der Waals surface area contributed by atoms with Crippen LogP contribution in [-0.2, 0) is 4.79 Å². The number of rotatable bonds is 4. The smallest absolute Gasteiger partial charge is 0.259 e. The van der Waals surface area contributed by atoms with Gasteiger partial charge in [-0.3, -0.25) is 4.79 Å². The molecule has 2 aromatic rings. The second-order valence-electron chi connectivity index (χ2n) is 6.79. The number of anilines is 1. The van der Waals surface area contributed by atoms with E-state index < -0.39 is 0 Å². The molecule has 4 rings (SSSR count). The van der Waals surface area contributed by atoms with Gasteiger partial charge in [0, 0.05) is 36.8 Å². The van der Waals surface area contributed by atoms with Crippen LogP contribution in [0.2, 0.25) is 0 Å². The SMILES string of the molecule is CC(NC(=O)C1=CN(c2ncnc3[nH]ccc23)CCS1)[C@@H]1CCCCN1.Cl. The summed E-state index contributed by atoms with van der Waals surface area (Å²) in [6.45, 7) is 3.94. The van der Waals surface area contributed by atoms with Gasteiger partial charge in [-0.2, -0.15) is 0 Å². The number of carbonyl (C=O) groups excluding carboxylic acids is 1. The van der Waals surface area contributed by atoms with E-state index in [2.05, 4.69) is 32.5 Å². The normalized spacial score (nSPS) is 21.3. The second-order valence-corrected chi connectivity index (χ2v) is 7.93. The number of carbonyl (C=O) groups is 1. The Bertz CT molecular complexity index is 819. The zero-order valence-electron chi connectivity index (χ0n) is 15.3. The summed E-state index contributed by atoms with van der Waals surface area (Å²) in [7, 11) is 0. The molecule has 1 fully saturated rings. The molecule has 0 spiro atoms. The zero-order valence-corrected chi connectivity index (χ0v) is 16.9. The fourth-order valence-electron chi connectivity index (χ4n) is 3.56. The van der Waals surface area contributed by atoms with Gasteiger partial charge in [0.1, 0.15) is 17.8 Å². The lowest BCUT2D eigenvalue weighted by Crippen LogP contribution is -2.50. The molecule has 1 amide bonds. The number of thioether (sulfide) groups is 1.